The van der Waals surface area contributed by atoms with E-state index in [2.05, 4.69) is 15.0 Å². The highest BCUT2D eigenvalue weighted by molar-refractivity contribution is 7.80. The van der Waals surface area contributed by atoms with Crippen LogP contribution in [0.5, 0.6) is 0 Å². The van der Waals surface area contributed by atoms with Crippen molar-refractivity contribution >= 4 is 17.2 Å². The first kappa shape index (κ1) is 12.4. The molecule has 0 aromatic carbocycles. The highest BCUT2D eigenvalue weighted by Crippen LogP contribution is 2.24. The second-order valence-corrected chi connectivity index (χ2v) is 5.13. The maximum Gasteiger partial charge on any atom is 0.140 e. The van der Waals surface area contributed by atoms with Crippen molar-refractivity contribution in [3.05, 3.63) is 12.2 Å². The van der Waals surface area contributed by atoms with Crippen molar-refractivity contribution in [2.45, 2.75) is 38.3 Å². The summed E-state index contributed by atoms with van der Waals surface area (Å²) < 4.78 is 1.81. The van der Waals surface area contributed by atoms with Crippen LogP contribution >= 0.6 is 12.2 Å². The molecule has 0 spiro atoms. The molecular formula is C11H19N5S. The van der Waals surface area contributed by atoms with Gasteiger partial charge in [0.15, 0.2) is 0 Å². The van der Waals surface area contributed by atoms with Gasteiger partial charge < -0.3 is 5.73 Å². The van der Waals surface area contributed by atoms with Crippen LogP contribution in [0.25, 0.3) is 0 Å². The Morgan fingerprint density at radius 2 is 2.29 bits per heavy atom. The third kappa shape index (κ3) is 3.23. The molecule has 0 atom stereocenters. The van der Waals surface area contributed by atoms with Gasteiger partial charge in [0.2, 0.25) is 0 Å². The number of thiocarbonyl (C=S) groups is 1. The molecule has 1 heterocycles. The molecule has 94 valence electrons. The molecule has 1 fully saturated rings. The summed E-state index contributed by atoms with van der Waals surface area (Å²) in [6, 6.07) is 0.591. The van der Waals surface area contributed by atoms with Gasteiger partial charge in [0.05, 0.1) is 11.5 Å². The number of hydrogen-bond acceptors (Lipinski definition) is 4. The minimum absolute atomic E-state index is 0.555. The zero-order valence-electron chi connectivity index (χ0n) is 10.2. The second kappa shape index (κ2) is 5.55. The van der Waals surface area contributed by atoms with Crippen molar-refractivity contribution < 1.29 is 0 Å². The number of nitrogens with zero attached hydrogens (tertiary/aromatic N) is 4. The second-order valence-electron chi connectivity index (χ2n) is 4.61. The topological polar surface area (TPSA) is 60.0 Å². The molecule has 0 unspecified atom stereocenters. The highest BCUT2D eigenvalue weighted by atomic mass is 32.1. The molecule has 6 heteroatoms. The lowest BCUT2D eigenvalue weighted by Gasteiger charge is -2.27. The van der Waals surface area contributed by atoms with Gasteiger partial charge in [-0.15, -0.1) is 0 Å². The van der Waals surface area contributed by atoms with Crippen molar-refractivity contribution in [1.29, 1.82) is 0 Å². The van der Waals surface area contributed by atoms with E-state index < -0.39 is 0 Å². The largest absolute Gasteiger partial charge is 0.392 e. The first-order valence-electron chi connectivity index (χ1n) is 6.02. The Kier molecular flexibility index (Phi) is 4.06. The summed E-state index contributed by atoms with van der Waals surface area (Å²) in [5.41, 5.74) is 5.67. The molecular weight excluding hydrogens is 234 g/mol. The zero-order valence-corrected chi connectivity index (χ0v) is 11.0. The third-order valence-electron chi connectivity index (χ3n) is 3.35. The Bertz CT molecular complexity index is 383. The van der Waals surface area contributed by atoms with Gasteiger partial charge in [-0.1, -0.05) is 25.1 Å². The Hall–Kier alpha value is -1.01. The Balaban J connectivity index is 2.04. The average Bonchev–Trinajstić information content (AvgIpc) is 2.89. The van der Waals surface area contributed by atoms with E-state index >= 15 is 0 Å². The smallest absolute Gasteiger partial charge is 0.140 e. The van der Waals surface area contributed by atoms with Gasteiger partial charge in [-0.25, -0.2) is 4.98 Å². The van der Waals surface area contributed by atoms with Crippen LogP contribution in [0.3, 0.4) is 0 Å². The quantitative estimate of drug-likeness (QED) is 0.788. The maximum atomic E-state index is 5.67. The van der Waals surface area contributed by atoms with E-state index in [1.54, 1.807) is 6.33 Å². The summed E-state index contributed by atoms with van der Waals surface area (Å²) >= 11 is 5.03. The molecule has 0 aliphatic heterocycles. The van der Waals surface area contributed by atoms with Crippen molar-refractivity contribution in [2.24, 2.45) is 12.8 Å². The monoisotopic (exact) mass is 253 g/mol. The van der Waals surface area contributed by atoms with E-state index in [1.165, 1.54) is 25.7 Å². The summed E-state index contributed by atoms with van der Waals surface area (Å²) in [5.74, 6) is 0.966. The SMILES string of the molecule is Cn1ncnc1CN(CC(N)=S)C1CCCC1. The molecule has 1 aromatic rings. The Morgan fingerprint density at radius 1 is 1.59 bits per heavy atom. The van der Waals surface area contributed by atoms with Gasteiger partial charge in [0, 0.05) is 19.6 Å². The molecule has 0 bridgehead atoms. The van der Waals surface area contributed by atoms with E-state index in [9.17, 15) is 0 Å². The minimum Gasteiger partial charge on any atom is -0.392 e. The van der Waals surface area contributed by atoms with E-state index in [0.29, 0.717) is 17.6 Å². The predicted molar refractivity (Wildman–Crippen MR) is 70.5 cm³/mol. The molecule has 0 radical (unpaired) electrons. The lowest BCUT2D eigenvalue weighted by Crippen LogP contribution is -2.39. The van der Waals surface area contributed by atoms with Crippen LogP contribution in [0.1, 0.15) is 31.5 Å². The van der Waals surface area contributed by atoms with Gasteiger partial charge >= 0.3 is 0 Å². The molecule has 0 saturated heterocycles. The third-order valence-corrected chi connectivity index (χ3v) is 3.48. The summed E-state index contributed by atoms with van der Waals surface area (Å²) in [7, 11) is 1.91. The fourth-order valence-corrected chi connectivity index (χ4v) is 2.59. The number of rotatable bonds is 5. The first-order valence-corrected chi connectivity index (χ1v) is 6.43. The molecule has 1 aromatic heterocycles. The molecule has 5 nitrogen and oxygen atoms in total. The Morgan fingerprint density at radius 3 is 2.82 bits per heavy atom. The van der Waals surface area contributed by atoms with Gasteiger partial charge in [0.25, 0.3) is 0 Å². The summed E-state index contributed by atoms with van der Waals surface area (Å²) in [6.45, 7) is 1.45. The first-order chi connectivity index (χ1) is 8.16. The van der Waals surface area contributed by atoms with Crippen LogP contribution in [-0.2, 0) is 13.6 Å². The Labute approximate surface area is 107 Å². The van der Waals surface area contributed by atoms with Crippen LogP contribution in [0.2, 0.25) is 0 Å². The van der Waals surface area contributed by atoms with Crippen LogP contribution in [0, 0.1) is 0 Å². The number of aryl methyl sites for hydroxylation is 1. The fraction of sp³-hybridized carbons (Fsp3) is 0.727. The van der Waals surface area contributed by atoms with E-state index in [1.807, 2.05) is 11.7 Å². The number of nitrogens with two attached hydrogens (primary N) is 1. The van der Waals surface area contributed by atoms with Gasteiger partial charge in [0.1, 0.15) is 12.2 Å². The summed E-state index contributed by atoms with van der Waals surface area (Å²) in [5, 5.41) is 4.09. The lowest BCUT2D eigenvalue weighted by molar-refractivity contribution is 0.211. The van der Waals surface area contributed by atoms with Gasteiger partial charge in [-0.2, -0.15) is 5.10 Å². The van der Waals surface area contributed by atoms with Crippen LogP contribution in [0.4, 0.5) is 0 Å². The standard InChI is InChI=1S/C11H19N5S/c1-15-11(13-8-14-15)7-16(6-10(12)17)9-4-2-3-5-9/h8-9H,2-7H2,1H3,(H2,12,17). The van der Waals surface area contributed by atoms with Gasteiger partial charge in [-0.3, -0.25) is 9.58 Å². The molecule has 1 aliphatic rings. The minimum atomic E-state index is 0.555. The fourth-order valence-electron chi connectivity index (χ4n) is 2.43. The van der Waals surface area contributed by atoms with Crippen molar-refractivity contribution in [3.8, 4) is 0 Å². The summed E-state index contributed by atoms with van der Waals surface area (Å²) in [4.78, 5) is 7.15. The molecule has 1 saturated carbocycles. The van der Waals surface area contributed by atoms with Gasteiger partial charge in [-0.05, 0) is 12.8 Å². The molecule has 17 heavy (non-hydrogen) atoms. The molecule has 0 amide bonds. The predicted octanol–water partition coefficient (Wildman–Crippen LogP) is 0.846. The molecule has 1 aliphatic carbocycles. The molecule has 2 rings (SSSR count). The van der Waals surface area contributed by atoms with Crippen molar-refractivity contribution in [2.75, 3.05) is 6.54 Å². The van der Waals surface area contributed by atoms with E-state index in [-0.39, 0.29) is 0 Å². The normalized spacial score (nSPS) is 16.8. The van der Waals surface area contributed by atoms with E-state index in [4.69, 9.17) is 18.0 Å². The van der Waals surface area contributed by atoms with Crippen LogP contribution in [0.15, 0.2) is 6.33 Å². The van der Waals surface area contributed by atoms with Crippen LogP contribution < -0.4 is 5.73 Å². The maximum absolute atomic E-state index is 5.67. The molecule has 2 N–H and O–H groups in total. The average molecular weight is 253 g/mol. The van der Waals surface area contributed by atoms with Crippen molar-refractivity contribution in [1.82, 2.24) is 19.7 Å². The lowest BCUT2D eigenvalue weighted by atomic mass is 10.2. The van der Waals surface area contributed by atoms with E-state index in [0.717, 1.165) is 12.4 Å². The van der Waals surface area contributed by atoms with Crippen LogP contribution in [-0.4, -0.2) is 37.2 Å². The summed E-state index contributed by atoms with van der Waals surface area (Å²) in [6.07, 6.45) is 6.67. The highest BCUT2D eigenvalue weighted by Gasteiger charge is 2.24. The number of aromatic nitrogens is 3. The zero-order chi connectivity index (χ0) is 12.3. The number of hydrogen-bond donors (Lipinski definition) is 1. The van der Waals surface area contributed by atoms with Crippen molar-refractivity contribution in [3.63, 3.8) is 0 Å².